The van der Waals surface area contributed by atoms with Gasteiger partial charge in [-0.2, -0.15) is 4.98 Å². The van der Waals surface area contributed by atoms with Crippen molar-refractivity contribution in [1.82, 2.24) is 9.97 Å². The molecule has 0 aliphatic rings. The topological polar surface area (TPSA) is 87.0 Å². The molecule has 0 unspecified atom stereocenters. The highest BCUT2D eigenvalue weighted by Gasteiger charge is 2.13. The lowest BCUT2D eigenvalue weighted by atomic mass is 10.0. The lowest BCUT2D eigenvalue weighted by Crippen LogP contribution is -2.02. The van der Waals surface area contributed by atoms with Gasteiger partial charge < -0.3 is 16.2 Å². The predicted octanol–water partition coefficient (Wildman–Crippen LogP) is 3.52. The molecule has 2 aromatic heterocycles. The maximum Gasteiger partial charge on any atom is 0.222 e. The highest BCUT2D eigenvalue weighted by Crippen LogP contribution is 2.37. The zero-order valence-electron chi connectivity index (χ0n) is 11.9. The molecule has 0 saturated carbocycles. The van der Waals surface area contributed by atoms with Gasteiger partial charge in [-0.3, -0.25) is 0 Å². The number of nitrogens with two attached hydrogens (primary N) is 2. The zero-order valence-corrected chi connectivity index (χ0v) is 12.7. The third kappa shape index (κ3) is 2.38. The first-order valence-electron chi connectivity index (χ1n) is 6.65. The van der Waals surface area contributed by atoms with Gasteiger partial charge in [0.1, 0.15) is 5.75 Å². The Bertz CT molecular complexity index is 813. The maximum absolute atomic E-state index is 5.94. The number of aromatic nitrogens is 2. The van der Waals surface area contributed by atoms with Crippen LogP contribution in [0, 0.1) is 6.92 Å². The number of nitrogens with zero attached hydrogens (tertiary/aromatic N) is 2. The van der Waals surface area contributed by atoms with E-state index in [2.05, 4.69) is 35.3 Å². The summed E-state index contributed by atoms with van der Waals surface area (Å²) in [5.41, 5.74) is 13.7. The second kappa shape index (κ2) is 5.21. The first-order chi connectivity index (χ1) is 10.1. The van der Waals surface area contributed by atoms with E-state index in [4.69, 9.17) is 16.2 Å². The van der Waals surface area contributed by atoms with Crippen LogP contribution in [0.2, 0.25) is 0 Å². The van der Waals surface area contributed by atoms with Gasteiger partial charge in [0.15, 0.2) is 11.6 Å². The number of hydrogen-bond acceptors (Lipinski definition) is 6. The third-order valence-electron chi connectivity index (χ3n) is 3.37. The van der Waals surface area contributed by atoms with Gasteiger partial charge in [-0.1, -0.05) is 6.92 Å². The average Bonchev–Trinajstić information content (AvgIpc) is 2.92. The molecule has 0 aliphatic heterocycles. The Balaban J connectivity index is 2.11. The van der Waals surface area contributed by atoms with Crippen LogP contribution < -0.4 is 16.2 Å². The summed E-state index contributed by atoms with van der Waals surface area (Å²) in [5.74, 6) is 1.60. The Morgan fingerprint density at radius 1 is 1.29 bits per heavy atom. The van der Waals surface area contributed by atoms with Crippen LogP contribution in [0.4, 0.5) is 11.8 Å². The first kappa shape index (κ1) is 13.6. The summed E-state index contributed by atoms with van der Waals surface area (Å²) in [4.78, 5) is 7.85. The number of nitrogen functional groups attached to an aromatic ring is 2. The van der Waals surface area contributed by atoms with Gasteiger partial charge in [-0.15, -0.1) is 11.3 Å². The SMILES string of the molecule is CCc1c(Oc2cnc(N)nc2N)cc(C)c2sccc12. The van der Waals surface area contributed by atoms with Crippen LogP contribution in [0.15, 0.2) is 23.7 Å². The Morgan fingerprint density at radius 2 is 2.10 bits per heavy atom. The molecule has 5 nitrogen and oxygen atoms in total. The van der Waals surface area contributed by atoms with Crippen molar-refractivity contribution in [2.24, 2.45) is 0 Å². The van der Waals surface area contributed by atoms with Crippen LogP contribution in [0.5, 0.6) is 11.5 Å². The van der Waals surface area contributed by atoms with Crippen molar-refractivity contribution in [3.63, 3.8) is 0 Å². The summed E-state index contributed by atoms with van der Waals surface area (Å²) in [7, 11) is 0. The molecule has 2 heterocycles. The lowest BCUT2D eigenvalue weighted by Gasteiger charge is -2.13. The van der Waals surface area contributed by atoms with Gasteiger partial charge in [0, 0.05) is 10.3 Å². The molecule has 1 aromatic carbocycles. The number of hydrogen-bond donors (Lipinski definition) is 2. The molecule has 0 saturated heterocycles. The summed E-state index contributed by atoms with van der Waals surface area (Å²) >= 11 is 1.74. The molecule has 21 heavy (non-hydrogen) atoms. The number of anilines is 2. The normalized spacial score (nSPS) is 11.0. The molecule has 6 heteroatoms. The van der Waals surface area contributed by atoms with Gasteiger partial charge in [0.2, 0.25) is 5.95 Å². The van der Waals surface area contributed by atoms with Crippen LogP contribution in [-0.4, -0.2) is 9.97 Å². The van der Waals surface area contributed by atoms with Gasteiger partial charge in [-0.25, -0.2) is 4.98 Å². The average molecular weight is 300 g/mol. The highest BCUT2D eigenvalue weighted by atomic mass is 32.1. The van der Waals surface area contributed by atoms with E-state index in [1.54, 1.807) is 11.3 Å². The van der Waals surface area contributed by atoms with E-state index < -0.39 is 0 Å². The van der Waals surface area contributed by atoms with Gasteiger partial charge >= 0.3 is 0 Å². The number of fused-ring (bicyclic) bond motifs is 1. The van der Waals surface area contributed by atoms with Crippen LogP contribution in [0.1, 0.15) is 18.1 Å². The Kier molecular flexibility index (Phi) is 3.39. The molecular formula is C15H16N4OS. The molecule has 0 fully saturated rings. The van der Waals surface area contributed by atoms with Crippen LogP contribution in [0.25, 0.3) is 10.1 Å². The van der Waals surface area contributed by atoms with E-state index in [0.29, 0.717) is 5.75 Å². The molecule has 0 radical (unpaired) electrons. The Labute approximate surface area is 126 Å². The number of benzene rings is 1. The number of thiophene rings is 1. The van der Waals surface area contributed by atoms with Crippen LogP contribution in [-0.2, 0) is 6.42 Å². The molecule has 108 valence electrons. The molecule has 3 rings (SSSR count). The fourth-order valence-electron chi connectivity index (χ4n) is 2.39. The quantitative estimate of drug-likeness (QED) is 0.772. The fourth-order valence-corrected chi connectivity index (χ4v) is 3.29. The monoisotopic (exact) mass is 300 g/mol. The van der Waals surface area contributed by atoms with Gasteiger partial charge in [0.05, 0.1) is 6.20 Å². The Hall–Kier alpha value is -2.34. The largest absolute Gasteiger partial charge is 0.452 e. The van der Waals surface area contributed by atoms with Crippen LogP contribution >= 0.6 is 11.3 Å². The minimum atomic E-state index is 0.139. The fraction of sp³-hybridized carbons (Fsp3) is 0.200. The van der Waals surface area contributed by atoms with Crippen molar-refractivity contribution in [2.45, 2.75) is 20.3 Å². The van der Waals surface area contributed by atoms with Gasteiger partial charge in [-0.05, 0) is 41.8 Å². The van der Waals surface area contributed by atoms with Crippen molar-refractivity contribution in [3.05, 3.63) is 34.8 Å². The predicted molar refractivity (Wildman–Crippen MR) is 86.9 cm³/mol. The molecule has 0 amide bonds. The highest BCUT2D eigenvalue weighted by molar-refractivity contribution is 7.17. The second-order valence-corrected chi connectivity index (χ2v) is 5.68. The van der Waals surface area contributed by atoms with Crippen molar-refractivity contribution < 1.29 is 4.74 Å². The van der Waals surface area contributed by atoms with E-state index in [1.165, 1.54) is 21.8 Å². The molecule has 0 aliphatic carbocycles. The van der Waals surface area contributed by atoms with Crippen molar-refractivity contribution >= 4 is 33.2 Å². The van der Waals surface area contributed by atoms with E-state index >= 15 is 0 Å². The smallest absolute Gasteiger partial charge is 0.222 e. The van der Waals surface area contributed by atoms with Crippen molar-refractivity contribution in [1.29, 1.82) is 0 Å². The molecular weight excluding hydrogens is 284 g/mol. The standard InChI is InChI=1S/C15H16N4OS/c1-3-9-10-4-5-21-13(10)8(2)6-11(9)20-12-7-18-15(17)19-14(12)16/h4-7H,3H2,1-2H3,(H4,16,17,18,19). The van der Waals surface area contributed by atoms with E-state index in [1.807, 2.05) is 6.07 Å². The number of aryl methyl sites for hydroxylation is 2. The van der Waals surface area contributed by atoms with Crippen molar-refractivity contribution in [2.75, 3.05) is 11.5 Å². The number of ether oxygens (including phenoxy) is 1. The van der Waals surface area contributed by atoms with Crippen LogP contribution in [0.3, 0.4) is 0 Å². The minimum Gasteiger partial charge on any atom is -0.452 e. The number of rotatable bonds is 3. The van der Waals surface area contributed by atoms with Crippen molar-refractivity contribution in [3.8, 4) is 11.5 Å². The molecule has 4 N–H and O–H groups in total. The lowest BCUT2D eigenvalue weighted by molar-refractivity contribution is 0.475. The van der Waals surface area contributed by atoms with E-state index in [-0.39, 0.29) is 11.8 Å². The van der Waals surface area contributed by atoms with E-state index in [0.717, 1.165) is 17.7 Å². The Morgan fingerprint density at radius 3 is 2.81 bits per heavy atom. The zero-order chi connectivity index (χ0) is 15.0. The third-order valence-corrected chi connectivity index (χ3v) is 4.42. The second-order valence-electron chi connectivity index (χ2n) is 4.77. The summed E-state index contributed by atoms with van der Waals surface area (Å²) in [5, 5.41) is 3.33. The molecule has 0 atom stereocenters. The minimum absolute atomic E-state index is 0.139. The molecule has 3 aromatic rings. The summed E-state index contributed by atoms with van der Waals surface area (Å²) in [6, 6.07) is 4.16. The molecule has 0 spiro atoms. The summed E-state index contributed by atoms with van der Waals surface area (Å²) in [6.07, 6.45) is 2.38. The van der Waals surface area contributed by atoms with Gasteiger partial charge in [0.25, 0.3) is 0 Å². The van der Waals surface area contributed by atoms with E-state index in [9.17, 15) is 0 Å². The maximum atomic E-state index is 5.94. The summed E-state index contributed by atoms with van der Waals surface area (Å²) < 4.78 is 7.24. The first-order valence-corrected chi connectivity index (χ1v) is 7.53. The summed E-state index contributed by atoms with van der Waals surface area (Å²) in [6.45, 7) is 4.19. The molecule has 0 bridgehead atoms.